The Balaban J connectivity index is 1.69. The lowest BCUT2D eigenvalue weighted by Crippen LogP contribution is -2.31. The summed E-state index contributed by atoms with van der Waals surface area (Å²) in [5.41, 5.74) is 3.15. The first-order valence-corrected chi connectivity index (χ1v) is 7.63. The molecule has 0 saturated carbocycles. The molecule has 2 N–H and O–H groups in total. The average molecular weight is 327 g/mol. The number of rotatable bonds is 4. The Hall–Kier alpha value is -2.89. The van der Waals surface area contributed by atoms with Crippen molar-refractivity contribution in [3.05, 3.63) is 53.7 Å². The van der Waals surface area contributed by atoms with Crippen molar-refractivity contribution in [1.82, 2.24) is 4.98 Å². The number of fused-ring (bicyclic) bond motifs is 1. The van der Waals surface area contributed by atoms with Crippen LogP contribution in [0.4, 0.5) is 15.8 Å². The quantitative estimate of drug-likeness (QED) is 0.759. The maximum absolute atomic E-state index is 13.5. The molecule has 0 radical (unpaired) electrons. The summed E-state index contributed by atoms with van der Waals surface area (Å²) in [6, 6.07) is 9.56. The third-order valence-corrected chi connectivity index (χ3v) is 3.71. The molecule has 124 valence electrons. The second-order valence-electron chi connectivity index (χ2n) is 5.73. The first kappa shape index (κ1) is 16.0. The Morgan fingerprint density at radius 3 is 2.67 bits per heavy atom. The molecule has 0 fully saturated rings. The highest BCUT2D eigenvalue weighted by Crippen LogP contribution is 2.20. The van der Waals surface area contributed by atoms with Crippen LogP contribution in [0.3, 0.4) is 0 Å². The number of halogens is 1. The van der Waals surface area contributed by atoms with Crippen LogP contribution in [0.5, 0.6) is 0 Å². The molecule has 0 aliphatic rings. The monoisotopic (exact) mass is 327 g/mol. The largest absolute Gasteiger partial charge is 0.441 e. The lowest BCUT2D eigenvalue weighted by Gasteiger charge is -2.15. The lowest BCUT2D eigenvalue weighted by molar-refractivity contribution is -0.116. The molecule has 0 aliphatic carbocycles. The minimum atomic E-state index is -0.500. The van der Waals surface area contributed by atoms with Crippen LogP contribution in [0.25, 0.3) is 11.1 Å². The predicted octanol–water partition coefficient (Wildman–Crippen LogP) is 4.02. The van der Waals surface area contributed by atoms with Crippen LogP contribution in [0.15, 0.2) is 40.8 Å². The van der Waals surface area contributed by atoms with E-state index in [1.54, 1.807) is 39.0 Å². The molecule has 6 heteroatoms. The van der Waals surface area contributed by atoms with Gasteiger partial charge in [-0.1, -0.05) is 6.07 Å². The number of benzene rings is 2. The molecule has 1 atom stereocenters. The number of aromatic nitrogens is 1. The number of anilines is 2. The van der Waals surface area contributed by atoms with Crippen LogP contribution in [-0.2, 0) is 4.79 Å². The van der Waals surface area contributed by atoms with Crippen LogP contribution < -0.4 is 10.6 Å². The van der Waals surface area contributed by atoms with Crippen LogP contribution in [0, 0.1) is 19.7 Å². The van der Waals surface area contributed by atoms with Gasteiger partial charge >= 0.3 is 0 Å². The number of nitrogens with one attached hydrogen (secondary N) is 2. The highest BCUT2D eigenvalue weighted by Gasteiger charge is 2.14. The summed E-state index contributed by atoms with van der Waals surface area (Å²) in [5.74, 6) is -0.00992. The van der Waals surface area contributed by atoms with E-state index in [0.29, 0.717) is 22.7 Å². The van der Waals surface area contributed by atoms with Gasteiger partial charge in [-0.3, -0.25) is 4.79 Å². The molecule has 1 heterocycles. The second-order valence-corrected chi connectivity index (χ2v) is 5.73. The van der Waals surface area contributed by atoms with Crippen molar-refractivity contribution in [1.29, 1.82) is 0 Å². The molecule has 24 heavy (non-hydrogen) atoms. The third-order valence-electron chi connectivity index (χ3n) is 3.71. The van der Waals surface area contributed by atoms with Crippen molar-refractivity contribution >= 4 is 28.4 Å². The average Bonchev–Trinajstić information content (AvgIpc) is 2.90. The summed E-state index contributed by atoms with van der Waals surface area (Å²) in [5, 5.41) is 5.80. The molecular weight excluding hydrogens is 309 g/mol. The maximum Gasteiger partial charge on any atom is 0.246 e. The minimum Gasteiger partial charge on any atom is -0.441 e. The van der Waals surface area contributed by atoms with E-state index in [1.807, 2.05) is 12.1 Å². The summed E-state index contributed by atoms with van der Waals surface area (Å²) in [6.07, 6.45) is 0. The van der Waals surface area contributed by atoms with Gasteiger partial charge in [0, 0.05) is 18.3 Å². The van der Waals surface area contributed by atoms with Gasteiger partial charge in [-0.05, 0) is 49.7 Å². The molecule has 5 nitrogen and oxygen atoms in total. The molecule has 0 bridgehead atoms. The zero-order valence-electron chi connectivity index (χ0n) is 13.7. The zero-order valence-corrected chi connectivity index (χ0v) is 13.7. The van der Waals surface area contributed by atoms with Gasteiger partial charge < -0.3 is 15.1 Å². The number of carbonyl (C=O) groups is 1. The van der Waals surface area contributed by atoms with E-state index in [0.717, 1.165) is 11.2 Å². The molecule has 3 aromatic rings. The lowest BCUT2D eigenvalue weighted by atomic mass is 10.2. The van der Waals surface area contributed by atoms with Gasteiger partial charge in [-0.25, -0.2) is 9.37 Å². The normalized spacial score (nSPS) is 12.2. The topological polar surface area (TPSA) is 67.2 Å². The SMILES string of the molecule is Cc1nc2cc(N[C@H](C)C(=O)Nc3ccc(C)c(F)c3)ccc2o1. The number of carbonyl (C=O) groups excluding carboxylic acids is 1. The van der Waals surface area contributed by atoms with Crippen molar-refractivity contribution in [3.63, 3.8) is 0 Å². The second kappa shape index (κ2) is 6.31. The minimum absolute atomic E-state index is 0.255. The smallest absolute Gasteiger partial charge is 0.246 e. The molecule has 2 aromatic carbocycles. The van der Waals surface area contributed by atoms with Crippen LogP contribution in [0.1, 0.15) is 18.4 Å². The Labute approximate surface area is 138 Å². The van der Waals surface area contributed by atoms with Crippen LogP contribution in [-0.4, -0.2) is 16.9 Å². The molecule has 0 unspecified atom stereocenters. The molecule has 3 rings (SSSR count). The number of hydrogen-bond acceptors (Lipinski definition) is 4. The van der Waals surface area contributed by atoms with Gasteiger partial charge in [0.15, 0.2) is 11.5 Å². The fourth-order valence-electron chi connectivity index (χ4n) is 2.37. The van der Waals surface area contributed by atoms with Gasteiger partial charge in [-0.2, -0.15) is 0 Å². The van der Waals surface area contributed by atoms with Crippen LogP contribution in [0.2, 0.25) is 0 Å². The van der Waals surface area contributed by atoms with Gasteiger partial charge in [0.25, 0.3) is 0 Å². The van der Waals surface area contributed by atoms with E-state index < -0.39 is 6.04 Å². The van der Waals surface area contributed by atoms with E-state index in [1.165, 1.54) is 6.07 Å². The standard InChI is InChI=1S/C18H18FN3O2/c1-10-4-5-13(8-15(10)19)22-18(23)11(2)20-14-6-7-17-16(9-14)21-12(3)24-17/h4-9,11,20H,1-3H3,(H,22,23)/t11-/m1/s1. The molecule has 0 spiro atoms. The van der Waals surface area contributed by atoms with Crippen molar-refractivity contribution in [2.45, 2.75) is 26.8 Å². The summed E-state index contributed by atoms with van der Waals surface area (Å²) in [4.78, 5) is 16.5. The maximum atomic E-state index is 13.5. The summed E-state index contributed by atoms with van der Waals surface area (Å²) in [7, 11) is 0. The van der Waals surface area contributed by atoms with E-state index in [4.69, 9.17) is 4.42 Å². The van der Waals surface area contributed by atoms with E-state index in [2.05, 4.69) is 15.6 Å². The molecule has 0 aliphatic heterocycles. The fourth-order valence-corrected chi connectivity index (χ4v) is 2.37. The molecular formula is C18H18FN3O2. The number of nitrogens with zero attached hydrogens (tertiary/aromatic N) is 1. The Morgan fingerprint density at radius 2 is 1.92 bits per heavy atom. The van der Waals surface area contributed by atoms with Crippen molar-refractivity contribution in [2.24, 2.45) is 0 Å². The van der Waals surface area contributed by atoms with E-state index in [9.17, 15) is 9.18 Å². The molecule has 1 amide bonds. The van der Waals surface area contributed by atoms with E-state index >= 15 is 0 Å². The Kier molecular flexibility index (Phi) is 4.20. The van der Waals surface area contributed by atoms with Crippen LogP contribution >= 0.6 is 0 Å². The third kappa shape index (κ3) is 3.37. The molecule has 0 saturated heterocycles. The Bertz CT molecular complexity index is 904. The summed E-state index contributed by atoms with van der Waals surface area (Å²) < 4.78 is 19.0. The van der Waals surface area contributed by atoms with Crippen molar-refractivity contribution in [3.8, 4) is 0 Å². The van der Waals surface area contributed by atoms with Crippen molar-refractivity contribution in [2.75, 3.05) is 10.6 Å². The number of amides is 1. The first-order chi connectivity index (χ1) is 11.4. The van der Waals surface area contributed by atoms with Gasteiger partial charge in [0.1, 0.15) is 17.4 Å². The number of aryl methyl sites for hydroxylation is 2. The summed E-state index contributed by atoms with van der Waals surface area (Å²) >= 11 is 0. The summed E-state index contributed by atoms with van der Waals surface area (Å²) in [6.45, 7) is 5.19. The molecule has 1 aromatic heterocycles. The zero-order chi connectivity index (χ0) is 17.3. The number of oxazole rings is 1. The Morgan fingerprint density at radius 1 is 1.17 bits per heavy atom. The predicted molar refractivity (Wildman–Crippen MR) is 91.6 cm³/mol. The highest BCUT2D eigenvalue weighted by atomic mass is 19.1. The number of hydrogen-bond donors (Lipinski definition) is 2. The van der Waals surface area contributed by atoms with E-state index in [-0.39, 0.29) is 11.7 Å². The first-order valence-electron chi connectivity index (χ1n) is 7.63. The van der Waals surface area contributed by atoms with Gasteiger partial charge in [0.05, 0.1) is 0 Å². The van der Waals surface area contributed by atoms with Crippen molar-refractivity contribution < 1.29 is 13.6 Å². The van der Waals surface area contributed by atoms with Gasteiger partial charge in [-0.15, -0.1) is 0 Å². The highest BCUT2D eigenvalue weighted by molar-refractivity contribution is 5.96. The fraction of sp³-hybridized carbons (Fsp3) is 0.222. The van der Waals surface area contributed by atoms with Gasteiger partial charge in [0.2, 0.25) is 5.91 Å².